The van der Waals surface area contributed by atoms with Crippen LogP contribution in [0.25, 0.3) is 0 Å². The van der Waals surface area contributed by atoms with Crippen molar-refractivity contribution in [3.63, 3.8) is 0 Å². The fraction of sp³-hybridized carbons (Fsp3) is 0.857. The van der Waals surface area contributed by atoms with Crippen molar-refractivity contribution in [1.29, 1.82) is 0 Å². The molecule has 5 fully saturated rings. The number of Topliss-reactive ketones (excluding diaryl/α,β-unsaturated/α-hetero) is 1. The fourth-order valence-electron chi connectivity index (χ4n) is 7.72. The van der Waals surface area contributed by atoms with Crippen molar-refractivity contribution in [3.05, 3.63) is 11.6 Å². The summed E-state index contributed by atoms with van der Waals surface area (Å²) in [5.74, 6) is -0.468. The lowest BCUT2D eigenvalue weighted by atomic mass is 9.58. The quantitative estimate of drug-likeness (QED) is 0.719. The van der Waals surface area contributed by atoms with E-state index in [1.165, 1.54) is 0 Å². The van der Waals surface area contributed by atoms with Gasteiger partial charge in [0.05, 0.1) is 30.8 Å². The molecule has 6 aliphatic rings. The number of fused-ring (bicyclic) bond motifs is 2. The largest absolute Gasteiger partial charge is 0.392 e. The molecule has 26 heavy (non-hydrogen) atoms. The molecule has 3 heterocycles. The van der Waals surface area contributed by atoms with E-state index in [1.54, 1.807) is 0 Å². The van der Waals surface area contributed by atoms with Crippen LogP contribution in [-0.4, -0.2) is 47.2 Å². The first-order valence-electron chi connectivity index (χ1n) is 10.4. The van der Waals surface area contributed by atoms with Gasteiger partial charge in [-0.25, -0.2) is 0 Å². The molecule has 2 bridgehead atoms. The Bertz CT molecular complexity index is 709. The molecule has 0 radical (unpaired) electrons. The molecular weight excluding hydrogens is 332 g/mol. The Morgan fingerprint density at radius 3 is 2.73 bits per heavy atom. The van der Waals surface area contributed by atoms with E-state index < -0.39 is 23.1 Å². The van der Waals surface area contributed by atoms with E-state index in [9.17, 15) is 9.90 Å². The van der Waals surface area contributed by atoms with Crippen LogP contribution in [0.1, 0.15) is 58.3 Å². The van der Waals surface area contributed by atoms with Gasteiger partial charge in [0, 0.05) is 23.3 Å². The van der Waals surface area contributed by atoms with Gasteiger partial charge in [-0.2, -0.15) is 0 Å². The third-order valence-corrected chi connectivity index (χ3v) is 8.81. The van der Waals surface area contributed by atoms with E-state index in [0.29, 0.717) is 19.6 Å². The first-order chi connectivity index (χ1) is 12.5. The second kappa shape index (κ2) is 4.80. The topological polar surface area (TPSA) is 65.0 Å². The Morgan fingerprint density at radius 2 is 1.92 bits per heavy atom. The van der Waals surface area contributed by atoms with Crippen LogP contribution >= 0.6 is 0 Å². The van der Waals surface area contributed by atoms with Crippen molar-refractivity contribution >= 4 is 5.78 Å². The second-order valence-corrected chi connectivity index (χ2v) is 9.64. The molecule has 6 rings (SSSR count). The highest BCUT2D eigenvalue weighted by atomic mass is 16.7. The predicted octanol–water partition coefficient (Wildman–Crippen LogP) is 2.51. The lowest BCUT2D eigenvalue weighted by Crippen LogP contribution is -2.64. The highest BCUT2D eigenvalue weighted by Gasteiger charge is 2.74. The van der Waals surface area contributed by atoms with E-state index in [1.807, 2.05) is 0 Å². The third-order valence-electron chi connectivity index (χ3n) is 8.81. The maximum Gasteiger partial charge on any atom is 0.174 e. The SMILES string of the molecule is C[C@]12CC=C3C(=O)[C@H]4[C@H](O)CCC[C@]45CC[C@]3(O5)[C@@H]1CCC21OCCO1. The number of hydrogen-bond donors (Lipinski definition) is 1. The van der Waals surface area contributed by atoms with Crippen LogP contribution in [0.3, 0.4) is 0 Å². The second-order valence-electron chi connectivity index (χ2n) is 9.64. The number of aliphatic hydroxyl groups excluding tert-OH is 1. The zero-order valence-corrected chi connectivity index (χ0v) is 15.5. The Hall–Kier alpha value is -0.750. The van der Waals surface area contributed by atoms with E-state index in [-0.39, 0.29) is 23.0 Å². The monoisotopic (exact) mass is 360 g/mol. The van der Waals surface area contributed by atoms with Gasteiger partial charge in [-0.05, 0) is 44.9 Å². The van der Waals surface area contributed by atoms with Crippen LogP contribution in [-0.2, 0) is 19.0 Å². The van der Waals surface area contributed by atoms with Crippen LogP contribution in [0.4, 0.5) is 0 Å². The number of ketones is 1. The van der Waals surface area contributed by atoms with Crippen molar-refractivity contribution in [2.45, 2.75) is 81.4 Å². The summed E-state index contributed by atoms with van der Waals surface area (Å²) < 4.78 is 19.3. The molecule has 1 N–H and O–H groups in total. The highest BCUT2D eigenvalue weighted by molar-refractivity contribution is 6.02. The summed E-state index contributed by atoms with van der Waals surface area (Å²) in [4.78, 5) is 13.5. The van der Waals surface area contributed by atoms with E-state index >= 15 is 0 Å². The van der Waals surface area contributed by atoms with Gasteiger partial charge in [-0.3, -0.25) is 4.79 Å². The molecular formula is C21H28O5. The Kier molecular flexibility index (Phi) is 3.00. The molecule has 3 spiro atoms. The fourth-order valence-corrected chi connectivity index (χ4v) is 7.72. The number of rotatable bonds is 0. The zero-order valence-electron chi connectivity index (χ0n) is 15.5. The summed E-state index contributed by atoms with van der Waals surface area (Å²) in [5, 5.41) is 10.6. The van der Waals surface area contributed by atoms with Crippen LogP contribution < -0.4 is 0 Å². The number of aliphatic hydroxyl groups is 1. The molecule has 5 nitrogen and oxygen atoms in total. The first kappa shape index (κ1) is 16.2. The zero-order chi connectivity index (χ0) is 17.8. The minimum atomic E-state index is -0.557. The lowest BCUT2D eigenvalue weighted by Gasteiger charge is -2.57. The Balaban J connectivity index is 1.49. The molecule has 0 aromatic heterocycles. The lowest BCUT2D eigenvalue weighted by molar-refractivity contribution is -0.253. The molecule has 5 heteroatoms. The number of ether oxygens (including phenoxy) is 3. The van der Waals surface area contributed by atoms with Gasteiger partial charge in [0.25, 0.3) is 0 Å². The van der Waals surface area contributed by atoms with Gasteiger partial charge in [0.2, 0.25) is 0 Å². The number of carbonyl (C=O) groups excluding carboxylic acids is 1. The summed E-state index contributed by atoms with van der Waals surface area (Å²) in [6.07, 6.45) is 8.55. The normalized spacial score (nSPS) is 54.0. The van der Waals surface area contributed by atoms with Gasteiger partial charge in [-0.1, -0.05) is 13.0 Å². The van der Waals surface area contributed by atoms with Crippen molar-refractivity contribution < 1.29 is 24.1 Å². The smallest absolute Gasteiger partial charge is 0.174 e. The van der Waals surface area contributed by atoms with E-state index in [0.717, 1.165) is 50.5 Å². The molecule has 3 aliphatic carbocycles. The van der Waals surface area contributed by atoms with E-state index in [4.69, 9.17) is 14.2 Å². The molecule has 6 atom stereocenters. The van der Waals surface area contributed by atoms with Gasteiger partial charge < -0.3 is 19.3 Å². The number of carbonyl (C=O) groups is 1. The van der Waals surface area contributed by atoms with E-state index in [2.05, 4.69) is 13.0 Å². The van der Waals surface area contributed by atoms with Gasteiger partial charge >= 0.3 is 0 Å². The standard InChI is InChI=1S/C21H28O5/c1-18-7-4-13-17(23)16-14(22)3-2-6-19(16)9-10-20(13,26-19)15(18)5-8-21(18)24-11-12-25-21/h4,14-16,22H,2-3,5-12H2,1H3/t14-,15-,16-,18+,19+,20-/m1/s1. The maximum atomic E-state index is 13.5. The third kappa shape index (κ3) is 1.58. The van der Waals surface area contributed by atoms with Crippen LogP contribution in [0.15, 0.2) is 11.6 Å². The van der Waals surface area contributed by atoms with Gasteiger partial charge in [0.15, 0.2) is 11.6 Å². The minimum absolute atomic E-state index is 0.154. The molecule has 3 saturated heterocycles. The molecule has 0 unspecified atom stereocenters. The molecule has 0 aromatic rings. The number of allylic oxidation sites excluding steroid dienone is 1. The number of hydrogen-bond acceptors (Lipinski definition) is 5. The summed E-state index contributed by atoms with van der Waals surface area (Å²) >= 11 is 0. The molecule has 0 amide bonds. The summed E-state index contributed by atoms with van der Waals surface area (Å²) in [5.41, 5.74) is -0.235. The Morgan fingerprint density at radius 1 is 1.12 bits per heavy atom. The molecule has 142 valence electrons. The van der Waals surface area contributed by atoms with Gasteiger partial charge in [-0.15, -0.1) is 0 Å². The van der Waals surface area contributed by atoms with Crippen LogP contribution in [0.5, 0.6) is 0 Å². The predicted molar refractivity (Wildman–Crippen MR) is 92.3 cm³/mol. The first-order valence-corrected chi connectivity index (χ1v) is 10.4. The van der Waals surface area contributed by atoms with Crippen molar-refractivity contribution in [2.75, 3.05) is 13.2 Å². The summed E-state index contributed by atoms with van der Waals surface area (Å²) in [6.45, 7) is 3.59. The summed E-state index contributed by atoms with van der Waals surface area (Å²) in [6, 6.07) is 0. The highest BCUT2D eigenvalue weighted by Crippen LogP contribution is 2.70. The average molecular weight is 360 g/mol. The van der Waals surface area contributed by atoms with Crippen molar-refractivity contribution in [3.8, 4) is 0 Å². The average Bonchev–Trinajstić information content (AvgIpc) is 3.28. The van der Waals surface area contributed by atoms with Crippen molar-refractivity contribution in [2.24, 2.45) is 17.3 Å². The van der Waals surface area contributed by atoms with Crippen LogP contribution in [0, 0.1) is 17.3 Å². The maximum absolute atomic E-state index is 13.5. The van der Waals surface area contributed by atoms with Crippen LogP contribution in [0.2, 0.25) is 0 Å². The minimum Gasteiger partial charge on any atom is -0.392 e. The van der Waals surface area contributed by atoms with Gasteiger partial charge in [0.1, 0.15) is 5.60 Å². The molecule has 2 saturated carbocycles. The molecule has 3 aliphatic heterocycles. The summed E-state index contributed by atoms with van der Waals surface area (Å²) in [7, 11) is 0. The molecule has 0 aromatic carbocycles. The Labute approximate surface area is 154 Å². The van der Waals surface area contributed by atoms with Crippen molar-refractivity contribution in [1.82, 2.24) is 0 Å².